The van der Waals surface area contributed by atoms with Crippen molar-refractivity contribution in [2.45, 2.75) is 24.2 Å². The molecule has 2 fully saturated rings. The van der Waals surface area contributed by atoms with Gasteiger partial charge in [0.05, 0.1) is 27.2 Å². The van der Waals surface area contributed by atoms with Crippen molar-refractivity contribution in [3.05, 3.63) is 82.3 Å². The van der Waals surface area contributed by atoms with Crippen LogP contribution >= 0.6 is 23.2 Å². The van der Waals surface area contributed by atoms with Crippen LogP contribution in [0.1, 0.15) is 29.6 Å². The standard InChI is InChI=1S/C30H32Cl2N4O5S/c31-25-13-10-23(20-26(25)32)41-28-7-3-2-6-27(28)33-42(39,40)24-11-8-22(9-12-24)30(38)36-18-16-34(17-19-36)21-29(37)35-14-4-1-5-15-35/h2-3,6-13,20,33H,1,4-5,14-19,21H2. The second-order valence-corrected chi connectivity index (χ2v) is 12.8. The molecule has 0 radical (unpaired) electrons. The van der Waals surface area contributed by atoms with E-state index in [0.717, 1.165) is 25.9 Å². The van der Waals surface area contributed by atoms with E-state index in [-0.39, 0.29) is 28.1 Å². The minimum Gasteiger partial charge on any atom is -0.455 e. The van der Waals surface area contributed by atoms with Crippen LogP contribution in [-0.2, 0) is 14.8 Å². The molecule has 0 spiro atoms. The number of likely N-dealkylation sites (tertiary alicyclic amines) is 1. The number of piperidine rings is 1. The van der Waals surface area contributed by atoms with Crippen LogP contribution in [0.2, 0.25) is 10.0 Å². The van der Waals surface area contributed by atoms with Crippen LogP contribution in [0.15, 0.2) is 71.6 Å². The molecule has 2 heterocycles. The molecule has 5 rings (SSSR count). The van der Waals surface area contributed by atoms with Gasteiger partial charge in [-0.05, 0) is 67.8 Å². The second kappa shape index (κ2) is 13.3. The predicted octanol–water partition coefficient (Wildman–Crippen LogP) is 5.36. The number of nitrogens with one attached hydrogen (secondary N) is 1. The quantitative estimate of drug-likeness (QED) is 0.360. The largest absolute Gasteiger partial charge is 0.455 e. The minimum absolute atomic E-state index is 0.00411. The lowest BCUT2D eigenvalue weighted by Crippen LogP contribution is -2.52. The van der Waals surface area contributed by atoms with Gasteiger partial charge in [0.15, 0.2) is 5.75 Å². The van der Waals surface area contributed by atoms with Gasteiger partial charge in [0.2, 0.25) is 5.91 Å². The summed E-state index contributed by atoms with van der Waals surface area (Å²) in [5, 5.41) is 0.689. The van der Waals surface area contributed by atoms with E-state index < -0.39 is 10.0 Å². The van der Waals surface area contributed by atoms with Gasteiger partial charge in [-0.2, -0.15) is 0 Å². The fourth-order valence-electron chi connectivity index (χ4n) is 5.01. The zero-order chi connectivity index (χ0) is 29.7. The number of para-hydroxylation sites is 2. The number of piperazine rings is 1. The summed E-state index contributed by atoms with van der Waals surface area (Å²) in [5.41, 5.74) is 0.635. The Hall–Kier alpha value is -3.31. The number of rotatable bonds is 8. The number of nitrogens with zero attached hydrogens (tertiary/aromatic N) is 3. The average Bonchev–Trinajstić information content (AvgIpc) is 3.00. The molecule has 222 valence electrons. The Morgan fingerprint density at radius 3 is 2.17 bits per heavy atom. The molecule has 2 aliphatic rings. The summed E-state index contributed by atoms with van der Waals surface area (Å²) < 4.78 is 34.8. The number of amides is 2. The fraction of sp³-hybridized carbons (Fsp3) is 0.333. The van der Waals surface area contributed by atoms with Crippen molar-refractivity contribution in [3.8, 4) is 11.5 Å². The van der Waals surface area contributed by atoms with Crippen LogP contribution in [0.4, 0.5) is 5.69 Å². The number of ether oxygens (including phenoxy) is 1. The Labute approximate surface area is 256 Å². The minimum atomic E-state index is -3.98. The molecule has 0 bridgehead atoms. The van der Waals surface area contributed by atoms with E-state index in [9.17, 15) is 18.0 Å². The van der Waals surface area contributed by atoms with E-state index in [0.29, 0.717) is 54.1 Å². The lowest BCUT2D eigenvalue weighted by atomic mass is 10.1. The highest BCUT2D eigenvalue weighted by atomic mass is 35.5. The number of hydrogen-bond donors (Lipinski definition) is 1. The second-order valence-electron chi connectivity index (χ2n) is 10.3. The van der Waals surface area contributed by atoms with Gasteiger partial charge in [0, 0.05) is 50.9 Å². The zero-order valence-corrected chi connectivity index (χ0v) is 25.3. The Morgan fingerprint density at radius 2 is 1.48 bits per heavy atom. The van der Waals surface area contributed by atoms with Gasteiger partial charge in [-0.15, -0.1) is 0 Å². The third-order valence-corrected chi connectivity index (χ3v) is 9.51. The van der Waals surface area contributed by atoms with Gasteiger partial charge in [-0.25, -0.2) is 8.42 Å². The smallest absolute Gasteiger partial charge is 0.262 e. The molecule has 2 amide bonds. The summed E-state index contributed by atoms with van der Waals surface area (Å²) in [6.45, 7) is 4.28. The topological polar surface area (TPSA) is 99.3 Å². The van der Waals surface area contributed by atoms with Gasteiger partial charge in [-0.1, -0.05) is 35.3 Å². The summed E-state index contributed by atoms with van der Waals surface area (Å²) >= 11 is 12.0. The Bertz CT molecular complexity index is 1540. The maximum absolute atomic E-state index is 13.2. The average molecular weight is 632 g/mol. The SMILES string of the molecule is O=C(CN1CCN(C(=O)c2ccc(S(=O)(=O)Nc3ccccc3Oc3ccc(Cl)c(Cl)c3)cc2)CC1)N1CCCCC1. The molecule has 1 N–H and O–H groups in total. The summed E-state index contributed by atoms with van der Waals surface area (Å²) in [4.78, 5) is 31.5. The van der Waals surface area contributed by atoms with E-state index in [1.54, 1.807) is 47.4 Å². The first-order valence-corrected chi connectivity index (χ1v) is 16.1. The molecule has 9 nitrogen and oxygen atoms in total. The van der Waals surface area contributed by atoms with E-state index in [2.05, 4.69) is 9.62 Å². The van der Waals surface area contributed by atoms with Crippen molar-refractivity contribution in [3.63, 3.8) is 0 Å². The van der Waals surface area contributed by atoms with Crippen molar-refractivity contribution in [2.75, 3.05) is 50.5 Å². The molecule has 0 atom stereocenters. The van der Waals surface area contributed by atoms with Gasteiger partial charge in [-0.3, -0.25) is 19.2 Å². The fourth-order valence-corrected chi connectivity index (χ4v) is 6.37. The van der Waals surface area contributed by atoms with E-state index in [4.69, 9.17) is 27.9 Å². The van der Waals surface area contributed by atoms with Crippen molar-refractivity contribution in [1.82, 2.24) is 14.7 Å². The lowest BCUT2D eigenvalue weighted by molar-refractivity contribution is -0.133. The maximum Gasteiger partial charge on any atom is 0.262 e. The van der Waals surface area contributed by atoms with Gasteiger partial charge in [0.1, 0.15) is 5.75 Å². The van der Waals surface area contributed by atoms with E-state index >= 15 is 0 Å². The molecule has 0 saturated carbocycles. The summed E-state index contributed by atoms with van der Waals surface area (Å²) in [6, 6.07) is 17.2. The van der Waals surface area contributed by atoms with Crippen LogP contribution in [0, 0.1) is 0 Å². The number of anilines is 1. The molecule has 2 saturated heterocycles. The zero-order valence-electron chi connectivity index (χ0n) is 23.0. The number of carbonyl (C=O) groups excluding carboxylic acids is 2. The van der Waals surface area contributed by atoms with Crippen LogP contribution in [0.25, 0.3) is 0 Å². The lowest BCUT2D eigenvalue weighted by Gasteiger charge is -2.36. The molecule has 3 aromatic carbocycles. The third-order valence-electron chi connectivity index (χ3n) is 7.39. The molecule has 12 heteroatoms. The molecule has 2 aliphatic heterocycles. The first-order valence-electron chi connectivity index (χ1n) is 13.8. The Morgan fingerprint density at radius 1 is 0.786 bits per heavy atom. The van der Waals surface area contributed by atoms with Crippen LogP contribution in [0.3, 0.4) is 0 Å². The predicted molar refractivity (Wildman–Crippen MR) is 163 cm³/mol. The van der Waals surface area contributed by atoms with Crippen LogP contribution < -0.4 is 9.46 Å². The van der Waals surface area contributed by atoms with Crippen molar-refractivity contribution < 1.29 is 22.7 Å². The molecular weight excluding hydrogens is 599 g/mol. The highest BCUT2D eigenvalue weighted by Gasteiger charge is 2.26. The van der Waals surface area contributed by atoms with Crippen LogP contribution in [-0.4, -0.2) is 80.7 Å². The molecule has 3 aromatic rings. The van der Waals surface area contributed by atoms with Crippen LogP contribution in [0.5, 0.6) is 11.5 Å². The van der Waals surface area contributed by atoms with Crippen molar-refractivity contribution >= 4 is 50.7 Å². The van der Waals surface area contributed by atoms with Gasteiger partial charge in [0.25, 0.3) is 15.9 Å². The third kappa shape index (κ3) is 7.36. The van der Waals surface area contributed by atoms with E-state index in [1.807, 2.05) is 4.90 Å². The molecular formula is C30H32Cl2N4O5S. The number of halogens is 2. The maximum atomic E-state index is 13.2. The highest BCUT2D eigenvalue weighted by Crippen LogP contribution is 2.34. The molecule has 42 heavy (non-hydrogen) atoms. The first kappa shape index (κ1) is 30.2. The van der Waals surface area contributed by atoms with Crippen molar-refractivity contribution in [1.29, 1.82) is 0 Å². The number of carbonyl (C=O) groups is 2. The highest BCUT2D eigenvalue weighted by molar-refractivity contribution is 7.92. The number of benzene rings is 3. The Balaban J connectivity index is 1.18. The van der Waals surface area contributed by atoms with Crippen molar-refractivity contribution in [2.24, 2.45) is 0 Å². The van der Waals surface area contributed by atoms with E-state index in [1.165, 1.54) is 30.7 Å². The molecule has 0 unspecified atom stereocenters. The number of hydrogen-bond acceptors (Lipinski definition) is 6. The summed E-state index contributed by atoms with van der Waals surface area (Å²) in [5.74, 6) is 0.661. The van der Waals surface area contributed by atoms with Gasteiger partial charge < -0.3 is 14.5 Å². The normalized spacial score (nSPS) is 16.2. The van der Waals surface area contributed by atoms with Gasteiger partial charge >= 0.3 is 0 Å². The molecule has 0 aromatic heterocycles. The summed E-state index contributed by atoms with van der Waals surface area (Å²) in [6.07, 6.45) is 3.30. The monoisotopic (exact) mass is 630 g/mol. The Kier molecular flexibility index (Phi) is 9.57. The molecule has 0 aliphatic carbocycles. The first-order chi connectivity index (χ1) is 20.2. The summed E-state index contributed by atoms with van der Waals surface area (Å²) in [7, 11) is -3.98. The number of sulfonamides is 1.